The highest BCUT2D eigenvalue weighted by molar-refractivity contribution is 8.38. The quantitative estimate of drug-likeness (QED) is 0.825. The normalized spacial score (nSPS) is 11.5. The van der Waals surface area contributed by atoms with E-state index in [1.807, 2.05) is 18.2 Å². The Labute approximate surface area is 93.1 Å². The minimum Gasteiger partial charge on any atom is -0.265 e. The number of rotatable bonds is 4. The van der Waals surface area contributed by atoms with Crippen molar-refractivity contribution in [1.82, 2.24) is 5.09 Å². The lowest BCUT2D eigenvalue weighted by Gasteiger charge is -2.07. The third-order valence-corrected chi connectivity index (χ3v) is 3.25. The monoisotopic (exact) mass is 253 g/mol. The molecule has 0 spiro atoms. The SMILES string of the molecule is S=P(Cl)(Cl)NCCc1ccccc1. The molecule has 0 saturated heterocycles. The molecule has 0 fully saturated rings. The number of hydrogen-bond acceptors (Lipinski definition) is 1. The molecule has 1 nitrogen and oxygen atoms in total. The second-order valence-electron chi connectivity index (χ2n) is 2.61. The van der Waals surface area contributed by atoms with Crippen LogP contribution in [0.1, 0.15) is 5.56 Å². The summed E-state index contributed by atoms with van der Waals surface area (Å²) in [7, 11) is 0. The van der Waals surface area contributed by atoms with Crippen LogP contribution in [0.4, 0.5) is 0 Å². The summed E-state index contributed by atoms with van der Waals surface area (Å²) in [5.74, 6) is 0. The maximum atomic E-state index is 5.68. The molecule has 1 N–H and O–H groups in total. The largest absolute Gasteiger partial charge is 0.265 e. The molecule has 0 aliphatic rings. The van der Waals surface area contributed by atoms with E-state index in [-0.39, 0.29) is 0 Å². The summed E-state index contributed by atoms with van der Waals surface area (Å²) in [4.78, 5) is -2.27. The van der Waals surface area contributed by atoms with E-state index in [9.17, 15) is 0 Å². The highest BCUT2D eigenvalue weighted by atomic mass is 35.9. The van der Waals surface area contributed by atoms with Gasteiger partial charge in [-0.3, -0.25) is 5.09 Å². The third-order valence-electron chi connectivity index (χ3n) is 1.55. The Bertz CT molecular complexity index is 298. The van der Waals surface area contributed by atoms with Crippen LogP contribution >= 0.6 is 27.4 Å². The van der Waals surface area contributed by atoms with Crippen LogP contribution in [0.3, 0.4) is 0 Å². The first kappa shape index (κ1) is 11.5. The van der Waals surface area contributed by atoms with Gasteiger partial charge in [-0.1, -0.05) is 52.8 Å². The van der Waals surface area contributed by atoms with Crippen LogP contribution in [0.15, 0.2) is 30.3 Å². The Morgan fingerprint density at radius 3 is 2.38 bits per heavy atom. The second kappa shape index (κ2) is 5.33. The fourth-order valence-electron chi connectivity index (χ4n) is 0.975. The maximum absolute atomic E-state index is 5.68. The average Bonchev–Trinajstić information content (AvgIpc) is 2.04. The van der Waals surface area contributed by atoms with E-state index in [1.54, 1.807) is 0 Å². The molecule has 0 atom stereocenters. The van der Waals surface area contributed by atoms with Crippen LogP contribution in [0.2, 0.25) is 0 Å². The van der Waals surface area contributed by atoms with E-state index in [0.717, 1.165) is 13.0 Å². The van der Waals surface area contributed by atoms with Gasteiger partial charge in [-0.15, -0.1) is 0 Å². The van der Waals surface area contributed by atoms with E-state index < -0.39 is 4.89 Å². The van der Waals surface area contributed by atoms with Crippen molar-refractivity contribution in [2.45, 2.75) is 6.42 Å². The minimum absolute atomic E-state index is 0.730. The van der Waals surface area contributed by atoms with Gasteiger partial charge < -0.3 is 0 Å². The lowest BCUT2D eigenvalue weighted by Crippen LogP contribution is -2.08. The molecule has 0 aliphatic carbocycles. The molecule has 0 radical (unpaired) electrons. The van der Waals surface area contributed by atoms with Crippen molar-refractivity contribution in [2.24, 2.45) is 0 Å². The van der Waals surface area contributed by atoms with E-state index >= 15 is 0 Å². The van der Waals surface area contributed by atoms with Gasteiger partial charge in [0.15, 0.2) is 4.89 Å². The standard InChI is InChI=1S/C8H10Cl2NPS/c9-12(10,13)11-7-6-8-4-2-1-3-5-8/h1-5H,6-7H2,(H,11,13). The molecule has 72 valence electrons. The van der Waals surface area contributed by atoms with Gasteiger partial charge >= 0.3 is 0 Å². The van der Waals surface area contributed by atoms with Crippen molar-refractivity contribution in [2.75, 3.05) is 6.54 Å². The molecule has 1 aromatic carbocycles. The van der Waals surface area contributed by atoms with Crippen LogP contribution in [-0.2, 0) is 18.2 Å². The first-order valence-electron chi connectivity index (χ1n) is 3.86. The Morgan fingerprint density at radius 2 is 1.85 bits per heavy atom. The fourth-order valence-corrected chi connectivity index (χ4v) is 2.13. The molecule has 0 saturated carbocycles. The minimum atomic E-state index is -2.27. The number of hydrogen-bond donors (Lipinski definition) is 1. The Morgan fingerprint density at radius 1 is 1.23 bits per heavy atom. The molecule has 0 amide bonds. The van der Waals surface area contributed by atoms with Gasteiger partial charge in [0.1, 0.15) is 0 Å². The van der Waals surface area contributed by atoms with E-state index in [1.165, 1.54) is 5.56 Å². The molecule has 0 heterocycles. The molecule has 0 aliphatic heterocycles. The van der Waals surface area contributed by atoms with Crippen molar-refractivity contribution < 1.29 is 0 Å². The summed E-state index contributed by atoms with van der Waals surface area (Å²) >= 11 is 16.2. The zero-order valence-electron chi connectivity index (χ0n) is 6.91. The van der Waals surface area contributed by atoms with Gasteiger partial charge in [-0.05, 0) is 23.8 Å². The zero-order valence-corrected chi connectivity index (χ0v) is 10.1. The highest BCUT2D eigenvalue weighted by Crippen LogP contribution is 2.52. The van der Waals surface area contributed by atoms with Crippen molar-refractivity contribution in [1.29, 1.82) is 0 Å². The molecule has 5 heteroatoms. The van der Waals surface area contributed by atoms with Crippen LogP contribution in [0.25, 0.3) is 0 Å². The van der Waals surface area contributed by atoms with Gasteiger partial charge in [0.2, 0.25) is 0 Å². The number of nitrogens with one attached hydrogen (secondary N) is 1. The van der Waals surface area contributed by atoms with Gasteiger partial charge in [0.05, 0.1) is 0 Å². The summed E-state index contributed by atoms with van der Waals surface area (Å²) in [6, 6.07) is 10.1. The Hall–Kier alpha value is 0.410. The van der Waals surface area contributed by atoms with Crippen molar-refractivity contribution in [3.63, 3.8) is 0 Å². The maximum Gasteiger partial charge on any atom is 0.181 e. The highest BCUT2D eigenvalue weighted by Gasteiger charge is 2.05. The summed E-state index contributed by atoms with van der Waals surface area (Å²) in [5.41, 5.74) is 1.26. The van der Waals surface area contributed by atoms with Crippen molar-refractivity contribution in [3.05, 3.63) is 35.9 Å². The average molecular weight is 254 g/mol. The molecule has 0 bridgehead atoms. The van der Waals surface area contributed by atoms with Crippen LogP contribution in [0, 0.1) is 0 Å². The molecular weight excluding hydrogens is 244 g/mol. The smallest absolute Gasteiger partial charge is 0.181 e. The summed E-state index contributed by atoms with van der Waals surface area (Å²) in [5, 5.41) is 2.93. The van der Waals surface area contributed by atoms with Crippen LogP contribution in [0.5, 0.6) is 0 Å². The lowest BCUT2D eigenvalue weighted by atomic mass is 10.2. The first-order valence-corrected chi connectivity index (χ1v) is 8.47. The van der Waals surface area contributed by atoms with Crippen LogP contribution in [-0.4, -0.2) is 6.54 Å². The topological polar surface area (TPSA) is 12.0 Å². The molecule has 1 aromatic rings. The van der Waals surface area contributed by atoms with Gasteiger partial charge in [-0.2, -0.15) is 0 Å². The molecule has 13 heavy (non-hydrogen) atoms. The predicted octanol–water partition coefficient (Wildman–Crippen LogP) is 3.52. The third kappa shape index (κ3) is 5.66. The molecular formula is C8H10Cl2NPS. The molecule has 1 rings (SSSR count). The lowest BCUT2D eigenvalue weighted by molar-refractivity contribution is 0.905. The summed E-state index contributed by atoms with van der Waals surface area (Å²) in [6.45, 7) is 0.730. The van der Waals surface area contributed by atoms with Gasteiger partial charge in [-0.25, -0.2) is 0 Å². The molecule has 0 unspecified atom stereocenters. The van der Waals surface area contributed by atoms with Gasteiger partial charge in [0.25, 0.3) is 0 Å². The Balaban J connectivity index is 2.33. The van der Waals surface area contributed by atoms with E-state index in [4.69, 9.17) is 34.3 Å². The fraction of sp³-hybridized carbons (Fsp3) is 0.250. The van der Waals surface area contributed by atoms with Crippen molar-refractivity contribution in [3.8, 4) is 0 Å². The first-order chi connectivity index (χ1) is 6.08. The van der Waals surface area contributed by atoms with Crippen molar-refractivity contribution >= 4 is 39.2 Å². The van der Waals surface area contributed by atoms with E-state index in [2.05, 4.69) is 17.2 Å². The predicted molar refractivity (Wildman–Crippen MR) is 64.1 cm³/mol. The number of benzene rings is 1. The molecule has 0 aromatic heterocycles. The summed E-state index contributed by atoms with van der Waals surface area (Å²) < 4.78 is 0. The Kier molecular flexibility index (Phi) is 4.71. The van der Waals surface area contributed by atoms with Crippen LogP contribution < -0.4 is 5.09 Å². The summed E-state index contributed by atoms with van der Waals surface area (Å²) in [6.07, 6.45) is 0.901. The second-order valence-corrected chi connectivity index (χ2v) is 10.3. The zero-order chi connectivity index (χ0) is 9.73. The number of halogens is 2. The van der Waals surface area contributed by atoms with E-state index in [0.29, 0.717) is 0 Å². The van der Waals surface area contributed by atoms with Gasteiger partial charge in [0, 0.05) is 6.54 Å².